The van der Waals surface area contributed by atoms with Gasteiger partial charge in [-0.1, -0.05) is 0 Å². The topological polar surface area (TPSA) is 72.9 Å². The van der Waals surface area contributed by atoms with Crippen molar-refractivity contribution < 1.29 is 9.90 Å². The molecule has 0 bridgehead atoms. The fraction of sp³-hybridized carbons (Fsp3) is 0.462. The fourth-order valence-corrected chi connectivity index (χ4v) is 2.68. The Morgan fingerprint density at radius 1 is 1.47 bits per heavy atom. The standard InChI is InChI=1S/C13H16N4O2/c1-16-6-10(14-7-16)12-15-9-5-8(13(18)19)3-4-11(9)17(12)2/h6-8H,3-5H2,1-2H3,(H,18,19). The summed E-state index contributed by atoms with van der Waals surface area (Å²) < 4.78 is 3.92. The normalized spacial score (nSPS) is 18.3. The van der Waals surface area contributed by atoms with Gasteiger partial charge in [0, 0.05) is 32.4 Å². The third kappa shape index (κ3) is 1.93. The van der Waals surface area contributed by atoms with E-state index in [0.29, 0.717) is 12.8 Å². The van der Waals surface area contributed by atoms with E-state index in [1.54, 1.807) is 6.33 Å². The van der Waals surface area contributed by atoms with Gasteiger partial charge in [-0.3, -0.25) is 4.79 Å². The highest BCUT2D eigenvalue weighted by Crippen LogP contribution is 2.28. The molecule has 0 aliphatic heterocycles. The number of hydrogen-bond donors (Lipinski definition) is 1. The number of aromatic nitrogens is 4. The Labute approximate surface area is 110 Å². The molecule has 1 unspecified atom stereocenters. The lowest BCUT2D eigenvalue weighted by Crippen LogP contribution is -2.22. The number of carboxylic acid groups (broad SMARTS) is 1. The number of aryl methyl sites for hydroxylation is 1. The van der Waals surface area contributed by atoms with Crippen LogP contribution >= 0.6 is 0 Å². The molecular formula is C13H16N4O2. The van der Waals surface area contributed by atoms with E-state index in [-0.39, 0.29) is 5.92 Å². The first-order chi connectivity index (χ1) is 9.06. The Hall–Kier alpha value is -2.11. The summed E-state index contributed by atoms with van der Waals surface area (Å²) in [7, 11) is 3.89. The maximum atomic E-state index is 11.1. The van der Waals surface area contributed by atoms with Gasteiger partial charge in [-0.15, -0.1) is 0 Å². The zero-order valence-electron chi connectivity index (χ0n) is 11.0. The van der Waals surface area contributed by atoms with Crippen molar-refractivity contribution >= 4 is 5.97 Å². The summed E-state index contributed by atoms with van der Waals surface area (Å²) in [5.41, 5.74) is 2.87. The van der Waals surface area contributed by atoms with Crippen LogP contribution in [0.1, 0.15) is 17.8 Å². The Morgan fingerprint density at radius 3 is 2.89 bits per heavy atom. The number of hydrogen-bond acceptors (Lipinski definition) is 3. The molecule has 0 saturated carbocycles. The molecule has 6 nitrogen and oxygen atoms in total. The Balaban J connectivity index is 2.00. The second-order valence-electron chi connectivity index (χ2n) is 5.09. The van der Waals surface area contributed by atoms with Crippen LogP contribution in [0.4, 0.5) is 0 Å². The Morgan fingerprint density at radius 2 is 2.26 bits per heavy atom. The minimum absolute atomic E-state index is 0.306. The van der Waals surface area contributed by atoms with Gasteiger partial charge in [0.1, 0.15) is 5.69 Å². The summed E-state index contributed by atoms with van der Waals surface area (Å²) in [5.74, 6) is -0.216. The van der Waals surface area contributed by atoms with Crippen LogP contribution in [-0.4, -0.2) is 30.2 Å². The smallest absolute Gasteiger partial charge is 0.306 e. The minimum atomic E-state index is -0.726. The van der Waals surface area contributed by atoms with E-state index in [1.165, 1.54) is 0 Å². The first-order valence-corrected chi connectivity index (χ1v) is 6.32. The maximum Gasteiger partial charge on any atom is 0.306 e. The van der Waals surface area contributed by atoms with E-state index in [9.17, 15) is 4.79 Å². The molecule has 19 heavy (non-hydrogen) atoms. The van der Waals surface area contributed by atoms with Crippen molar-refractivity contribution in [3.05, 3.63) is 23.9 Å². The van der Waals surface area contributed by atoms with Crippen LogP contribution < -0.4 is 0 Å². The number of carbonyl (C=O) groups is 1. The lowest BCUT2D eigenvalue weighted by molar-refractivity contribution is -0.142. The molecular weight excluding hydrogens is 244 g/mol. The van der Waals surface area contributed by atoms with E-state index in [4.69, 9.17) is 5.11 Å². The van der Waals surface area contributed by atoms with Crippen molar-refractivity contribution in [2.45, 2.75) is 19.3 Å². The molecule has 0 radical (unpaired) electrons. The van der Waals surface area contributed by atoms with Crippen LogP contribution in [0.15, 0.2) is 12.5 Å². The van der Waals surface area contributed by atoms with Gasteiger partial charge < -0.3 is 14.2 Å². The number of rotatable bonds is 2. The number of nitrogens with zero attached hydrogens (tertiary/aromatic N) is 4. The zero-order valence-corrected chi connectivity index (χ0v) is 11.0. The summed E-state index contributed by atoms with van der Waals surface area (Å²) in [6.45, 7) is 0. The van der Waals surface area contributed by atoms with Crippen molar-refractivity contribution in [2.24, 2.45) is 20.0 Å². The number of aliphatic carboxylic acids is 1. The van der Waals surface area contributed by atoms with Crippen molar-refractivity contribution in [3.63, 3.8) is 0 Å². The number of imidazole rings is 2. The molecule has 2 aromatic heterocycles. The van der Waals surface area contributed by atoms with Crippen molar-refractivity contribution in [1.82, 2.24) is 19.1 Å². The second kappa shape index (κ2) is 4.22. The lowest BCUT2D eigenvalue weighted by Gasteiger charge is -2.18. The van der Waals surface area contributed by atoms with E-state index in [2.05, 4.69) is 9.97 Å². The van der Waals surface area contributed by atoms with Crippen LogP contribution in [0.2, 0.25) is 0 Å². The summed E-state index contributed by atoms with van der Waals surface area (Å²) in [6.07, 6.45) is 5.63. The van der Waals surface area contributed by atoms with E-state index < -0.39 is 5.97 Å². The van der Waals surface area contributed by atoms with Crippen LogP contribution in [0, 0.1) is 5.92 Å². The fourth-order valence-electron chi connectivity index (χ4n) is 2.68. The van der Waals surface area contributed by atoms with Crippen LogP contribution in [0.25, 0.3) is 11.5 Å². The van der Waals surface area contributed by atoms with Gasteiger partial charge in [-0.2, -0.15) is 0 Å². The van der Waals surface area contributed by atoms with Gasteiger partial charge in [0.25, 0.3) is 0 Å². The summed E-state index contributed by atoms with van der Waals surface area (Å²) in [4.78, 5) is 20.0. The average molecular weight is 260 g/mol. The first-order valence-electron chi connectivity index (χ1n) is 6.32. The SMILES string of the molecule is Cn1cnc(-c2nc3c(n2C)CCC(C(=O)O)C3)c1. The minimum Gasteiger partial charge on any atom is -0.481 e. The van der Waals surface area contributed by atoms with Crippen molar-refractivity contribution in [2.75, 3.05) is 0 Å². The quantitative estimate of drug-likeness (QED) is 0.874. The highest BCUT2D eigenvalue weighted by atomic mass is 16.4. The molecule has 6 heteroatoms. The van der Waals surface area contributed by atoms with Gasteiger partial charge in [-0.25, -0.2) is 9.97 Å². The third-order valence-corrected chi connectivity index (χ3v) is 3.75. The van der Waals surface area contributed by atoms with E-state index >= 15 is 0 Å². The van der Waals surface area contributed by atoms with Gasteiger partial charge in [0.05, 0.1) is 17.9 Å². The largest absolute Gasteiger partial charge is 0.481 e. The molecule has 1 atom stereocenters. The molecule has 2 aromatic rings. The van der Waals surface area contributed by atoms with Crippen LogP contribution in [0.5, 0.6) is 0 Å². The molecule has 0 aromatic carbocycles. The van der Waals surface area contributed by atoms with Crippen LogP contribution in [0.3, 0.4) is 0 Å². The lowest BCUT2D eigenvalue weighted by atomic mass is 9.90. The molecule has 1 N–H and O–H groups in total. The van der Waals surface area contributed by atoms with Gasteiger partial charge in [0.2, 0.25) is 0 Å². The summed E-state index contributed by atoms with van der Waals surface area (Å²) >= 11 is 0. The van der Waals surface area contributed by atoms with Crippen LogP contribution in [-0.2, 0) is 31.7 Å². The molecule has 0 fully saturated rings. The van der Waals surface area contributed by atoms with E-state index in [0.717, 1.165) is 29.3 Å². The van der Waals surface area contributed by atoms with E-state index in [1.807, 2.05) is 29.4 Å². The molecule has 3 rings (SSSR count). The predicted molar refractivity (Wildman–Crippen MR) is 68.6 cm³/mol. The predicted octanol–water partition coefficient (Wildman–Crippen LogP) is 1.01. The second-order valence-corrected chi connectivity index (χ2v) is 5.09. The first kappa shape index (κ1) is 12.0. The molecule has 2 heterocycles. The Bertz CT molecular complexity index is 641. The monoisotopic (exact) mass is 260 g/mol. The Kier molecular flexibility index (Phi) is 2.66. The molecule has 0 saturated heterocycles. The number of carboxylic acids is 1. The third-order valence-electron chi connectivity index (χ3n) is 3.75. The van der Waals surface area contributed by atoms with Crippen molar-refractivity contribution in [1.29, 1.82) is 0 Å². The molecule has 1 aliphatic rings. The molecule has 1 aliphatic carbocycles. The number of fused-ring (bicyclic) bond motifs is 1. The average Bonchev–Trinajstić information content (AvgIpc) is 2.93. The summed E-state index contributed by atoms with van der Waals surface area (Å²) in [5, 5.41) is 9.11. The molecule has 0 spiro atoms. The zero-order chi connectivity index (χ0) is 13.6. The molecule has 0 amide bonds. The molecule has 100 valence electrons. The van der Waals surface area contributed by atoms with Gasteiger partial charge in [0.15, 0.2) is 5.82 Å². The highest BCUT2D eigenvalue weighted by molar-refractivity contribution is 5.71. The van der Waals surface area contributed by atoms with Gasteiger partial charge >= 0.3 is 5.97 Å². The van der Waals surface area contributed by atoms with Crippen molar-refractivity contribution in [3.8, 4) is 11.5 Å². The summed E-state index contributed by atoms with van der Waals surface area (Å²) in [6, 6.07) is 0. The van der Waals surface area contributed by atoms with Gasteiger partial charge in [-0.05, 0) is 12.8 Å². The highest BCUT2D eigenvalue weighted by Gasteiger charge is 2.28. The maximum absolute atomic E-state index is 11.1.